The lowest BCUT2D eigenvalue weighted by atomic mass is 10.1. The molecule has 0 atom stereocenters. The van der Waals surface area contributed by atoms with Gasteiger partial charge in [0.25, 0.3) is 0 Å². The summed E-state index contributed by atoms with van der Waals surface area (Å²) < 4.78 is 5.23. The number of ether oxygens (including phenoxy) is 1. The first-order valence-corrected chi connectivity index (χ1v) is 9.36. The highest BCUT2D eigenvalue weighted by atomic mass is 32.2. The van der Waals surface area contributed by atoms with Gasteiger partial charge in [0.15, 0.2) is 0 Å². The number of H-pyrrole nitrogens is 1. The Labute approximate surface area is 162 Å². The number of carbonyl (C=O) groups is 1. The summed E-state index contributed by atoms with van der Waals surface area (Å²) in [6.45, 7) is 2.06. The van der Waals surface area contributed by atoms with E-state index in [2.05, 4.69) is 33.5 Å². The normalized spacial score (nSPS) is 10.9. The van der Waals surface area contributed by atoms with Gasteiger partial charge >= 0.3 is 0 Å². The predicted octanol–water partition coefficient (Wildman–Crippen LogP) is 4.02. The van der Waals surface area contributed by atoms with Crippen LogP contribution in [0.2, 0.25) is 0 Å². The molecular weight excluding hydrogens is 360 g/mol. The van der Waals surface area contributed by atoms with Crippen molar-refractivity contribution in [1.82, 2.24) is 15.2 Å². The monoisotopic (exact) mass is 380 g/mol. The molecule has 27 heavy (non-hydrogen) atoms. The quantitative estimate of drug-likeness (QED) is 0.605. The maximum atomic E-state index is 12.1. The Balaban J connectivity index is 1.55. The van der Waals surface area contributed by atoms with Crippen molar-refractivity contribution in [2.75, 3.05) is 18.2 Å². The fraction of sp³-hybridized carbons (Fsp3) is 0.150. The third-order valence-electron chi connectivity index (χ3n) is 3.80. The molecule has 2 N–H and O–H groups in total. The van der Waals surface area contributed by atoms with E-state index in [9.17, 15) is 4.79 Å². The topological polar surface area (TPSA) is 79.9 Å². The molecule has 138 valence electrons. The minimum absolute atomic E-state index is 0.147. The van der Waals surface area contributed by atoms with E-state index in [-0.39, 0.29) is 11.7 Å². The standard InChI is InChI=1S/C20H20N4O2S/c1-14-7-3-4-8-15(14)11-12-18-22-20(24-23-18)27-13-19(25)21-16-9-5-6-10-17(16)26-2/h3-12H,13H2,1-2H3,(H,21,25)(H,22,23,24)/b12-11+. The van der Waals surface area contributed by atoms with Crippen molar-refractivity contribution in [3.8, 4) is 5.75 Å². The summed E-state index contributed by atoms with van der Waals surface area (Å²) in [5.74, 6) is 1.33. The summed E-state index contributed by atoms with van der Waals surface area (Å²) in [5.41, 5.74) is 2.96. The number of thioether (sulfide) groups is 1. The van der Waals surface area contributed by atoms with Gasteiger partial charge in [0, 0.05) is 0 Å². The van der Waals surface area contributed by atoms with E-state index in [1.54, 1.807) is 19.2 Å². The molecule has 0 bridgehead atoms. The van der Waals surface area contributed by atoms with Gasteiger partial charge in [-0.2, -0.15) is 0 Å². The van der Waals surface area contributed by atoms with Crippen LogP contribution >= 0.6 is 11.8 Å². The smallest absolute Gasteiger partial charge is 0.234 e. The van der Waals surface area contributed by atoms with E-state index in [1.807, 2.05) is 42.5 Å². The highest BCUT2D eigenvalue weighted by Crippen LogP contribution is 2.23. The molecule has 0 saturated heterocycles. The van der Waals surface area contributed by atoms with Crippen LogP contribution < -0.4 is 10.1 Å². The number of hydrogen-bond donors (Lipinski definition) is 2. The van der Waals surface area contributed by atoms with Crippen LogP contribution in [-0.2, 0) is 4.79 Å². The number of anilines is 1. The van der Waals surface area contributed by atoms with Crippen LogP contribution in [0.5, 0.6) is 5.75 Å². The number of carbonyl (C=O) groups excluding carboxylic acids is 1. The van der Waals surface area contributed by atoms with Crippen LogP contribution in [-0.4, -0.2) is 34.0 Å². The number of para-hydroxylation sites is 2. The average molecular weight is 380 g/mol. The zero-order valence-corrected chi connectivity index (χ0v) is 15.9. The molecule has 3 aromatic rings. The minimum atomic E-state index is -0.147. The predicted molar refractivity (Wildman–Crippen MR) is 109 cm³/mol. The number of aromatic amines is 1. The first-order chi connectivity index (χ1) is 13.2. The molecule has 0 radical (unpaired) electrons. The first-order valence-electron chi connectivity index (χ1n) is 8.37. The number of nitrogens with zero attached hydrogens (tertiary/aromatic N) is 2. The molecule has 1 aromatic heterocycles. The van der Waals surface area contributed by atoms with Gasteiger partial charge in [-0.15, -0.1) is 5.10 Å². The fourth-order valence-electron chi connectivity index (χ4n) is 2.40. The molecule has 0 saturated carbocycles. The molecule has 6 nitrogen and oxygen atoms in total. The van der Waals surface area contributed by atoms with E-state index in [1.165, 1.54) is 17.3 Å². The lowest BCUT2D eigenvalue weighted by Gasteiger charge is -2.08. The third kappa shape index (κ3) is 5.21. The maximum absolute atomic E-state index is 12.1. The van der Waals surface area contributed by atoms with Gasteiger partial charge in [0.05, 0.1) is 18.6 Å². The Bertz CT molecular complexity index is 952. The maximum Gasteiger partial charge on any atom is 0.234 e. The van der Waals surface area contributed by atoms with Crippen molar-refractivity contribution >= 4 is 35.5 Å². The average Bonchev–Trinajstić information content (AvgIpc) is 3.14. The SMILES string of the molecule is COc1ccccc1NC(=O)CSc1n[nH]c(/C=C/c2ccccc2C)n1. The van der Waals surface area contributed by atoms with Crippen molar-refractivity contribution in [2.24, 2.45) is 0 Å². The van der Waals surface area contributed by atoms with E-state index in [0.717, 1.165) is 5.56 Å². The second kappa shape index (κ2) is 9.05. The van der Waals surface area contributed by atoms with Crippen molar-refractivity contribution in [1.29, 1.82) is 0 Å². The molecule has 2 aromatic carbocycles. The zero-order chi connectivity index (χ0) is 19.1. The molecule has 0 aliphatic rings. The van der Waals surface area contributed by atoms with Crippen LogP contribution in [0.4, 0.5) is 5.69 Å². The van der Waals surface area contributed by atoms with Gasteiger partial charge in [0.2, 0.25) is 11.1 Å². The van der Waals surface area contributed by atoms with Gasteiger partial charge in [0.1, 0.15) is 11.6 Å². The second-order valence-electron chi connectivity index (χ2n) is 5.73. The van der Waals surface area contributed by atoms with Gasteiger partial charge in [-0.3, -0.25) is 9.89 Å². The molecule has 1 heterocycles. The number of aryl methyl sites for hydroxylation is 1. The highest BCUT2D eigenvalue weighted by Gasteiger charge is 2.09. The fourth-order valence-corrected chi connectivity index (χ4v) is 3.01. The Kier molecular flexibility index (Phi) is 6.27. The molecule has 0 aliphatic heterocycles. The molecule has 0 unspecified atom stereocenters. The Morgan fingerprint density at radius 3 is 2.78 bits per heavy atom. The molecule has 0 spiro atoms. The van der Waals surface area contributed by atoms with Crippen LogP contribution in [0.3, 0.4) is 0 Å². The van der Waals surface area contributed by atoms with Gasteiger partial charge < -0.3 is 10.1 Å². The van der Waals surface area contributed by atoms with Gasteiger partial charge in [-0.25, -0.2) is 4.98 Å². The number of rotatable bonds is 7. The number of hydrogen-bond acceptors (Lipinski definition) is 5. The summed E-state index contributed by atoms with van der Waals surface area (Å²) in [5, 5.41) is 10.4. The number of methoxy groups -OCH3 is 1. The van der Waals surface area contributed by atoms with Crippen molar-refractivity contribution < 1.29 is 9.53 Å². The van der Waals surface area contributed by atoms with Crippen molar-refractivity contribution in [3.63, 3.8) is 0 Å². The Hall–Kier alpha value is -3.06. The number of benzene rings is 2. The molecule has 1 amide bonds. The van der Waals surface area contributed by atoms with E-state index in [0.29, 0.717) is 22.4 Å². The van der Waals surface area contributed by atoms with Crippen molar-refractivity contribution in [3.05, 3.63) is 65.5 Å². The van der Waals surface area contributed by atoms with E-state index < -0.39 is 0 Å². The lowest BCUT2D eigenvalue weighted by molar-refractivity contribution is -0.113. The lowest BCUT2D eigenvalue weighted by Crippen LogP contribution is -2.14. The largest absolute Gasteiger partial charge is 0.495 e. The van der Waals surface area contributed by atoms with Crippen LogP contribution in [0.15, 0.2) is 53.7 Å². The summed E-state index contributed by atoms with van der Waals surface area (Å²) >= 11 is 1.27. The number of nitrogens with one attached hydrogen (secondary N) is 2. The molecular formula is C20H20N4O2S. The van der Waals surface area contributed by atoms with E-state index in [4.69, 9.17) is 4.74 Å². The first kappa shape index (κ1) is 18.7. The molecule has 0 fully saturated rings. The number of amides is 1. The van der Waals surface area contributed by atoms with Crippen LogP contribution in [0.1, 0.15) is 17.0 Å². The van der Waals surface area contributed by atoms with E-state index >= 15 is 0 Å². The van der Waals surface area contributed by atoms with Gasteiger partial charge in [-0.1, -0.05) is 54.2 Å². The van der Waals surface area contributed by atoms with Gasteiger partial charge in [-0.05, 0) is 36.3 Å². The Morgan fingerprint density at radius 2 is 1.96 bits per heavy atom. The summed E-state index contributed by atoms with van der Waals surface area (Å²) in [6.07, 6.45) is 3.85. The Morgan fingerprint density at radius 1 is 1.19 bits per heavy atom. The van der Waals surface area contributed by atoms with Crippen LogP contribution in [0.25, 0.3) is 12.2 Å². The summed E-state index contributed by atoms with van der Waals surface area (Å²) in [6, 6.07) is 15.4. The highest BCUT2D eigenvalue weighted by molar-refractivity contribution is 7.99. The second-order valence-corrected chi connectivity index (χ2v) is 6.67. The summed E-state index contributed by atoms with van der Waals surface area (Å²) in [4.78, 5) is 16.5. The molecule has 7 heteroatoms. The van der Waals surface area contributed by atoms with Crippen molar-refractivity contribution in [2.45, 2.75) is 12.1 Å². The molecule has 0 aliphatic carbocycles. The van der Waals surface area contributed by atoms with Crippen LogP contribution in [0, 0.1) is 6.92 Å². The third-order valence-corrected chi connectivity index (χ3v) is 4.65. The minimum Gasteiger partial charge on any atom is -0.495 e. The molecule has 3 rings (SSSR count). The zero-order valence-electron chi connectivity index (χ0n) is 15.1. The summed E-state index contributed by atoms with van der Waals surface area (Å²) in [7, 11) is 1.57. The number of aromatic nitrogens is 3.